The van der Waals surface area contributed by atoms with E-state index in [2.05, 4.69) is 22.4 Å². The fourth-order valence-corrected chi connectivity index (χ4v) is 5.02. The molecular formula is C22H21F3N2O2S. The number of nitrogens with zero attached hydrogens (tertiary/aromatic N) is 1. The lowest BCUT2D eigenvalue weighted by molar-refractivity contribution is -0.140. The molecule has 2 aromatic heterocycles. The van der Waals surface area contributed by atoms with E-state index >= 15 is 0 Å². The van der Waals surface area contributed by atoms with Crippen molar-refractivity contribution in [2.45, 2.75) is 31.4 Å². The third kappa shape index (κ3) is 3.94. The number of fused-ring (bicyclic) bond motifs is 1. The summed E-state index contributed by atoms with van der Waals surface area (Å²) in [5.41, 5.74) is 0.627. The highest BCUT2D eigenvalue weighted by Crippen LogP contribution is 2.36. The monoisotopic (exact) mass is 434 g/mol. The standard InChI is InChI=1S/C22H21F3N2O2S/c1-14-16-7-8-17(22(23,24)25)27-20(16)30-18(14)19(28)26-13-21(9-11-29-12-10-21)15-5-3-2-4-6-15/h2-8H,9-13H2,1H3,(H,26,28). The molecule has 0 saturated carbocycles. The van der Waals surface area contributed by atoms with Gasteiger partial charge in [-0.3, -0.25) is 4.79 Å². The Labute approximate surface area is 176 Å². The maximum Gasteiger partial charge on any atom is 0.433 e. The number of benzene rings is 1. The number of alkyl halides is 3. The van der Waals surface area contributed by atoms with Gasteiger partial charge in [0.05, 0.1) is 4.88 Å². The minimum absolute atomic E-state index is 0.219. The summed E-state index contributed by atoms with van der Waals surface area (Å²) in [4.78, 5) is 17.3. The summed E-state index contributed by atoms with van der Waals surface area (Å²) < 4.78 is 44.4. The zero-order chi connectivity index (χ0) is 21.4. The van der Waals surface area contributed by atoms with Crippen LogP contribution in [0.4, 0.5) is 13.2 Å². The van der Waals surface area contributed by atoms with Crippen LogP contribution in [0.15, 0.2) is 42.5 Å². The van der Waals surface area contributed by atoms with E-state index in [9.17, 15) is 18.0 Å². The highest BCUT2D eigenvalue weighted by atomic mass is 32.1. The topological polar surface area (TPSA) is 51.2 Å². The van der Waals surface area contributed by atoms with Gasteiger partial charge in [-0.05, 0) is 43.0 Å². The van der Waals surface area contributed by atoms with Crippen LogP contribution in [-0.4, -0.2) is 30.6 Å². The first kappa shape index (κ1) is 20.8. The number of thiophene rings is 1. The second-order valence-electron chi connectivity index (χ2n) is 7.54. The van der Waals surface area contributed by atoms with E-state index in [-0.39, 0.29) is 16.2 Å². The average molecular weight is 434 g/mol. The quantitative estimate of drug-likeness (QED) is 0.622. The molecule has 3 aromatic rings. The van der Waals surface area contributed by atoms with E-state index in [4.69, 9.17) is 4.74 Å². The number of hydrogen-bond acceptors (Lipinski definition) is 4. The smallest absolute Gasteiger partial charge is 0.381 e. The maximum atomic E-state index is 13.0. The molecule has 0 spiro atoms. The third-order valence-corrected chi connectivity index (χ3v) is 6.92. The molecule has 4 rings (SSSR count). The SMILES string of the molecule is Cc1c(C(=O)NCC2(c3ccccc3)CCOCC2)sc2nc(C(F)(F)F)ccc12. The number of carbonyl (C=O) groups is 1. The Morgan fingerprint density at radius 3 is 2.53 bits per heavy atom. The number of rotatable bonds is 4. The molecule has 1 aliphatic heterocycles. The highest BCUT2D eigenvalue weighted by molar-refractivity contribution is 7.20. The van der Waals surface area contributed by atoms with E-state index in [1.807, 2.05) is 18.2 Å². The molecule has 0 aliphatic carbocycles. The first-order valence-corrected chi connectivity index (χ1v) is 10.5. The van der Waals surface area contributed by atoms with Crippen LogP contribution in [0, 0.1) is 6.92 Å². The molecule has 0 unspecified atom stereocenters. The Hall–Kier alpha value is -2.45. The second-order valence-corrected chi connectivity index (χ2v) is 8.54. The summed E-state index contributed by atoms with van der Waals surface area (Å²) in [5, 5.41) is 3.59. The second kappa shape index (κ2) is 8.00. The molecule has 1 saturated heterocycles. The van der Waals surface area contributed by atoms with Gasteiger partial charge in [0, 0.05) is 30.6 Å². The molecule has 30 heavy (non-hydrogen) atoms. The first-order valence-electron chi connectivity index (χ1n) is 9.69. The molecule has 1 fully saturated rings. The highest BCUT2D eigenvalue weighted by Gasteiger charge is 2.36. The Bertz CT molecular complexity index is 1060. The summed E-state index contributed by atoms with van der Waals surface area (Å²) in [6, 6.07) is 12.4. The van der Waals surface area contributed by atoms with Gasteiger partial charge in [0.2, 0.25) is 0 Å². The van der Waals surface area contributed by atoms with Crippen molar-refractivity contribution in [3.8, 4) is 0 Å². The largest absolute Gasteiger partial charge is 0.433 e. The molecule has 158 valence electrons. The van der Waals surface area contributed by atoms with Gasteiger partial charge in [-0.15, -0.1) is 11.3 Å². The van der Waals surface area contributed by atoms with Crippen LogP contribution >= 0.6 is 11.3 Å². The first-order chi connectivity index (χ1) is 14.3. The predicted octanol–water partition coefficient (Wildman–Crippen LogP) is 5.10. The number of ether oxygens (including phenoxy) is 1. The number of hydrogen-bond donors (Lipinski definition) is 1. The number of aromatic nitrogens is 1. The van der Waals surface area contributed by atoms with Gasteiger partial charge >= 0.3 is 6.18 Å². The van der Waals surface area contributed by atoms with Crippen LogP contribution in [0.3, 0.4) is 0 Å². The van der Waals surface area contributed by atoms with Crippen molar-refractivity contribution < 1.29 is 22.7 Å². The number of amides is 1. The molecule has 8 heteroatoms. The lowest BCUT2D eigenvalue weighted by Crippen LogP contribution is -2.44. The number of carbonyl (C=O) groups excluding carboxylic acids is 1. The summed E-state index contributed by atoms with van der Waals surface area (Å²) in [6.07, 6.45) is -2.93. The zero-order valence-corrected chi connectivity index (χ0v) is 17.2. The molecule has 0 radical (unpaired) electrons. The van der Waals surface area contributed by atoms with Gasteiger partial charge in [0.25, 0.3) is 5.91 Å². The number of aryl methyl sites for hydroxylation is 1. The molecule has 4 nitrogen and oxygen atoms in total. The average Bonchev–Trinajstić information content (AvgIpc) is 3.09. The fraction of sp³-hybridized carbons (Fsp3) is 0.364. The summed E-state index contributed by atoms with van der Waals surface area (Å²) >= 11 is 0.996. The summed E-state index contributed by atoms with van der Waals surface area (Å²) in [6.45, 7) is 3.42. The van der Waals surface area contributed by atoms with E-state index in [0.29, 0.717) is 35.6 Å². The van der Waals surface area contributed by atoms with Gasteiger partial charge in [-0.1, -0.05) is 30.3 Å². The van der Waals surface area contributed by atoms with E-state index in [1.165, 1.54) is 6.07 Å². The number of pyridine rings is 1. The molecule has 3 heterocycles. The zero-order valence-electron chi connectivity index (χ0n) is 16.4. The molecular weight excluding hydrogens is 413 g/mol. The van der Waals surface area contributed by atoms with Gasteiger partial charge in [0.15, 0.2) is 0 Å². The van der Waals surface area contributed by atoms with Crippen molar-refractivity contribution in [2.24, 2.45) is 0 Å². The molecule has 0 atom stereocenters. The maximum absolute atomic E-state index is 13.0. The Balaban J connectivity index is 1.58. The van der Waals surface area contributed by atoms with Crippen LogP contribution < -0.4 is 5.32 Å². The lowest BCUT2D eigenvalue weighted by Gasteiger charge is -2.38. The van der Waals surface area contributed by atoms with Gasteiger partial charge in [-0.25, -0.2) is 4.98 Å². The van der Waals surface area contributed by atoms with Crippen molar-refractivity contribution in [3.63, 3.8) is 0 Å². The van der Waals surface area contributed by atoms with Crippen molar-refractivity contribution >= 4 is 27.5 Å². The lowest BCUT2D eigenvalue weighted by atomic mass is 9.74. The van der Waals surface area contributed by atoms with E-state index < -0.39 is 11.9 Å². The minimum atomic E-state index is -4.51. The van der Waals surface area contributed by atoms with Gasteiger partial charge < -0.3 is 10.1 Å². The normalized spacial score (nSPS) is 16.5. The van der Waals surface area contributed by atoms with Crippen LogP contribution in [0.5, 0.6) is 0 Å². The number of halogens is 3. The molecule has 1 aliphatic rings. The van der Waals surface area contributed by atoms with Gasteiger partial charge in [-0.2, -0.15) is 13.2 Å². The number of nitrogens with one attached hydrogen (secondary N) is 1. The summed E-state index contributed by atoms with van der Waals surface area (Å²) in [5.74, 6) is -0.286. The van der Waals surface area contributed by atoms with Crippen LogP contribution in [-0.2, 0) is 16.3 Å². The third-order valence-electron chi connectivity index (χ3n) is 5.72. The summed E-state index contributed by atoms with van der Waals surface area (Å²) in [7, 11) is 0. The molecule has 1 aromatic carbocycles. The van der Waals surface area contributed by atoms with Crippen molar-refractivity contribution in [2.75, 3.05) is 19.8 Å². The Morgan fingerprint density at radius 1 is 1.17 bits per heavy atom. The van der Waals surface area contributed by atoms with Crippen LogP contribution in [0.1, 0.15) is 39.3 Å². The predicted molar refractivity (Wildman–Crippen MR) is 110 cm³/mol. The Morgan fingerprint density at radius 2 is 1.87 bits per heavy atom. The fourth-order valence-electron chi connectivity index (χ4n) is 3.92. The molecule has 0 bridgehead atoms. The van der Waals surface area contributed by atoms with Crippen molar-refractivity contribution in [1.29, 1.82) is 0 Å². The molecule has 1 N–H and O–H groups in total. The molecule has 1 amide bonds. The van der Waals surface area contributed by atoms with E-state index in [1.54, 1.807) is 6.92 Å². The van der Waals surface area contributed by atoms with Crippen molar-refractivity contribution in [3.05, 3.63) is 64.2 Å². The van der Waals surface area contributed by atoms with Crippen LogP contribution in [0.2, 0.25) is 0 Å². The van der Waals surface area contributed by atoms with Gasteiger partial charge in [0.1, 0.15) is 10.5 Å². The van der Waals surface area contributed by atoms with Crippen molar-refractivity contribution in [1.82, 2.24) is 10.3 Å². The Kier molecular flexibility index (Phi) is 5.55. The van der Waals surface area contributed by atoms with E-state index in [0.717, 1.165) is 35.8 Å². The minimum Gasteiger partial charge on any atom is -0.381 e. The van der Waals surface area contributed by atoms with Crippen LogP contribution in [0.25, 0.3) is 10.2 Å².